The molecule has 0 atom stereocenters. The van der Waals surface area contributed by atoms with Crippen molar-refractivity contribution in [2.75, 3.05) is 5.73 Å². The average molecular weight is 216 g/mol. The van der Waals surface area contributed by atoms with E-state index in [1.165, 1.54) is 0 Å². The number of carboxylic acids is 1. The van der Waals surface area contributed by atoms with E-state index in [9.17, 15) is 4.79 Å². The van der Waals surface area contributed by atoms with Crippen LogP contribution >= 0.6 is 0 Å². The fourth-order valence-corrected chi connectivity index (χ4v) is 1.63. The summed E-state index contributed by atoms with van der Waals surface area (Å²) in [6, 6.07) is 9.22. The molecule has 1 aromatic carbocycles. The summed E-state index contributed by atoms with van der Waals surface area (Å²) in [6.45, 7) is 0. The minimum Gasteiger partial charge on any atom is -0.481 e. The molecule has 0 bridgehead atoms. The second-order valence-electron chi connectivity index (χ2n) is 3.56. The molecule has 0 amide bonds. The van der Waals surface area contributed by atoms with Crippen LogP contribution in [-0.2, 0) is 11.2 Å². The van der Waals surface area contributed by atoms with Gasteiger partial charge in [0.1, 0.15) is 0 Å². The lowest BCUT2D eigenvalue weighted by molar-refractivity contribution is -0.136. The highest BCUT2D eigenvalue weighted by molar-refractivity contribution is 5.76. The Bertz CT molecular complexity index is 500. The van der Waals surface area contributed by atoms with Gasteiger partial charge in [0.2, 0.25) is 0 Å². The van der Waals surface area contributed by atoms with E-state index in [-0.39, 0.29) is 6.42 Å². The molecule has 16 heavy (non-hydrogen) atoms. The number of anilines is 1. The molecule has 0 aliphatic carbocycles. The number of rotatable bonds is 3. The van der Waals surface area contributed by atoms with Crippen LogP contribution in [0.5, 0.6) is 0 Å². The fourth-order valence-electron chi connectivity index (χ4n) is 1.63. The van der Waals surface area contributed by atoms with E-state index in [1.54, 1.807) is 18.3 Å². The van der Waals surface area contributed by atoms with E-state index in [0.29, 0.717) is 11.4 Å². The van der Waals surface area contributed by atoms with Crippen LogP contribution in [0, 0.1) is 0 Å². The van der Waals surface area contributed by atoms with Crippen molar-refractivity contribution >= 4 is 11.7 Å². The van der Waals surface area contributed by atoms with Crippen molar-refractivity contribution in [1.29, 1.82) is 0 Å². The third-order valence-corrected chi connectivity index (χ3v) is 2.38. The van der Waals surface area contributed by atoms with Gasteiger partial charge in [-0.1, -0.05) is 12.1 Å². The van der Waals surface area contributed by atoms with E-state index in [2.05, 4.69) is 4.98 Å². The maximum Gasteiger partial charge on any atom is 0.309 e. The largest absolute Gasteiger partial charge is 0.481 e. The number of aromatic nitrogens is 1. The molecule has 0 aliphatic heterocycles. The molecule has 0 radical (unpaired) electrons. The first-order valence-electron chi connectivity index (χ1n) is 4.91. The zero-order valence-electron chi connectivity index (χ0n) is 8.60. The molecule has 82 valence electrons. The number of nitrogens with one attached hydrogen (secondary N) is 1. The Kier molecular flexibility index (Phi) is 2.64. The van der Waals surface area contributed by atoms with Gasteiger partial charge in [-0.25, -0.2) is 0 Å². The maximum atomic E-state index is 10.7. The Hall–Kier alpha value is -2.23. The number of aromatic amines is 1. The highest BCUT2D eigenvalue weighted by atomic mass is 16.4. The number of nitrogens with two attached hydrogens (primary N) is 1. The van der Waals surface area contributed by atoms with E-state index >= 15 is 0 Å². The molecule has 0 unspecified atom stereocenters. The summed E-state index contributed by atoms with van der Waals surface area (Å²) in [5, 5.41) is 8.76. The van der Waals surface area contributed by atoms with Crippen LogP contribution in [0.25, 0.3) is 11.1 Å². The number of aliphatic carboxylic acids is 1. The molecule has 0 spiro atoms. The Morgan fingerprint density at radius 1 is 1.25 bits per heavy atom. The van der Waals surface area contributed by atoms with Crippen molar-refractivity contribution < 1.29 is 9.90 Å². The summed E-state index contributed by atoms with van der Waals surface area (Å²) in [5.74, 6) is -0.848. The molecular formula is C12H12N2O2. The molecule has 0 saturated carbocycles. The average Bonchev–Trinajstić information content (AvgIpc) is 2.66. The quantitative estimate of drug-likeness (QED) is 0.685. The first kappa shape index (κ1) is 10.3. The third kappa shape index (κ3) is 2.06. The highest BCUT2D eigenvalue weighted by Gasteiger charge is 2.09. The third-order valence-electron chi connectivity index (χ3n) is 2.38. The predicted octanol–water partition coefficient (Wildman–Crippen LogP) is 1.89. The summed E-state index contributed by atoms with van der Waals surface area (Å²) < 4.78 is 0. The summed E-state index contributed by atoms with van der Waals surface area (Å²) in [4.78, 5) is 13.6. The van der Waals surface area contributed by atoms with Crippen LogP contribution in [-0.4, -0.2) is 16.1 Å². The van der Waals surface area contributed by atoms with Crippen LogP contribution in [0.4, 0.5) is 5.69 Å². The molecule has 1 heterocycles. The first-order valence-corrected chi connectivity index (χ1v) is 4.91. The van der Waals surface area contributed by atoms with Gasteiger partial charge in [0.15, 0.2) is 0 Å². The van der Waals surface area contributed by atoms with Crippen molar-refractivity contribution in [3.63, 3.8) is 0 Å². The SMILES string of the molecule is Nc1ccc(-c2cc[nH]c2CC(=O)O)cc1. The lowest BCUT2D eigenvalue weighted by Gasteiger charge is -2.02. The van der Waals surface area contributed by atoms with Crippen LogP contribution in [0.3, 0.4) is 0 Å². The lowest BCUT2D eigenvalue weighted by atomic mass is 10.0. The van der Waals surface area contributed by atoms with Gasteiger partial charge in [-0.3, -0.25) is 4.79 Å². The van der Waals surface area contributed by atoms with Crippen molar-refractivity contribution in [3.05, 3.63) is 42.2 Å². The summed E-state index contributed by atoms with van der Waals surface area (Å²) in [6.07, 6.45) is 1.73. The molecule has 1 aromatic heterocycles. The van der Waals surface area contributed by atoms with Crippen LogP contribution in [0.2, 0.25) is 0 Å². The monoisotopic (exact) mass is 216 g/mol. The number of carboxylic acid groups (broad SMARTS) is 1. The van der Waals surface area contributed by atoms with Crippen LogP contribution in [0.15, 0.2) is 36.5 Å². The van der Waals surface area contributed by atoms with Gasteiger partial charge in [0.25, 0.3) is 0 Å². The van der Waals surface area contributed by atoms with Gasteiger partial charge in [-0.15, -0.1) is 0 Å². The smallest absolute Gasteiger partial charge is 0.309 e. The zero-order valence-corrected chi connectivity index (χ0v) is 8.60. The van der Waals surface area contributed by atoms with E-state index < -0.39 is 5.97 Å². The number of benzene rings is 1. The summed E-state index contributed by atoms with van der Waals surface area (Å²) >= 11 is 0. The second kappa shape index (κ2) is 4.10. The number of H-pyrrole nitrogens is 1. The van der Waals surface area contributed by atoms with Crippen molar-refractivity contribution in [2.24, 2.45) is 0 Å². The molecule has 4 heteroatoms. The van der Waals surface area contributed by atoms with Crippen molar-refractivity contribution in [3.8, 4) is 11.1 Å². The molecule has 0 fully saturated rings. The fraction of sp³-hybridized carbons (Fsp3) is 0.0833. The van der Waals surface area contributed by atoms with Gasteiger partial charge < -0.3 is 15.8 Å². The second-order valence-corrected chi connectivity index (χ2v) is 3.56. The molecule has 4 N–H and O–H groups in total. The Balaban J connectivity index is 2.36. The molecule has 0 saturated heterocycles. The number of hydrogen-bond donors (Lipinski definition) is 3. The van der Waals surface area contributed by atoms with Gasteiger partial charge in [-0.2, -0.15) is 0 Å². The molecular weight excluding hydrogens is 204 g/mol. The summed E-state index contributed by atoms with van der Waals surface area (Å²) in [5.41, 5.74) is 8.87. The molecule has 2 aromatic rings. The van der Waals surface area contributed by atoms with Gasteiger partial charge in [0, 0.05) is 23.1 Å². The maximum absolute atomic E-state index is 10.7. The minimum absolute atomic E-state index is 0.00723. The standard InChI is InChI=1S/C12H12N2O2/c13-9-3-1-8(2-4-9)10-5-6-14-11(10)7-12(15)16/h1-6,14H,7,13H2,(H,15,16). The minimum atomic E-state index is -0.848. The van der Waals surface area contributed by atoms with Gasteiger partial charge in [0.05, 0.1) is 6.42 Å². The van der Waals surface area contributed by atoms with Gasteiger partial charge >= 0.3 is 5.97 Å². The lowest BCUT2D eigenvalue weighted by Crippen LogP contribution is -2.01. The number of hydrogen-bond acceptors (Lipinski definition) is 2. The highest BCUT2D eigenvalue weighted by Crippen LogP contribution is 2.24. The van der Waals surface area contributed by atoms with Gasteiger partial charge in [-0.05, 0) is 23.8 Å². The topological polar surface area (TPSA) is 79.1 Å². The number of nitrogen functional groups attached to an aromatic ring is 1. The van der Waals surface area contributed by atoms with E-state index in [0.717, 1.165) is 11.1 Å². The molecule has 4 nitrogen and oxygen atoms in total. The summed E-state index contributed by atoms with van der Waals surface area (Å²) in [7, 11) is 0. The Morgan fingerprint density at radius 2 is 1.94 bits per heavy atom. The molecule has 2 rings (SSSR count). The normalized spacial score (nSPS) is 10.2. The zero-order chi connectivity index (χ0) is 11.5. The Morgan fingerprint density at radius 3 is 2.56 bits per heavy atom. The van der Waals surface area contributed by atoms with Crippen LogP contribution in [0.1, 0.15) is 5.69 Å². The van der Waals surface area contributed by atoms with Crippen LogP contribution < -0.4 is 5.73 Å². The van der Waals surface area contributed by atoms with Crippen molar-refractivity contribution in [2.45, 2.75) is 6.42 Å². The van der Waals surface area contributed by atoms with Crippen molar-refractivity contribution in [1.82, 2.24) is 4.98 Å². The first-order chi connectivity index (χ1) is 7.66. The van der Waals surface area contributed by atoms with E-state index in [1.807, 2.05) is 18.2 Å². The number of carbonyl (C=O) groups is 1. The Labute approximate surface area is 92.7 Å². The molecule has 0 aliphatic rings. The predicted molar refractivity (Wildman–Crippen MR) is 62.0 cm³/mol. The van der Waals surface area contributed by atoms with E-state index in [4.69, 9.17) is 10.8 Å².